The number of nitrogens with zero attached hydrogens (tertiary/aromatic N) is 1. The lowest BCUT2D eigenvalue weighted by atomic mass is 10.1. The summed E-state index contributed by atoms with van der Waals surface area (Å²) in [6.45, 7) is -0.392. The van der Waals surface area contributed by atoms with Gasteiger partial charge in [0.15, 0.2) is 18.1 Å². The number of nitrogens with one attached hydrogen (secondary N) is 1. The van der Waals surface area contributed by atoms with E-state index in [0.717, 1.165) is 0 Å². The summed E-state index contributed by atoms with van der Waals surface area (Å²) in [6.07, 6.45) is 1.28. The molecule has 0 radical (unpaired) electrons. The Bertz CT molecular complexity index is 973. The molecule has 0 heterocycles. The molecule has 9 heteroatoms. The van der Waals surface area contributed by atoms with Gasteiger partial charge in [0, 0.05) is 0 Å². The fourth-order valence-electron chi connectivity index (χ4n) is 2.34. The molecule has 29 heavy (non-hydrogen) atoms. The molecule has 8 nitrogen and oxygen atoms in total. The Hall–Kier alpha value is -4.06. The highest BCUT2D eigenvalue weighted by Crippen LogP contribution is 2.39. The first-order valence-corrected chi connectivity index (χ1v) is 8.24. The van der Waals surface area contributed by atoms with Crippen molar-refractivity contribution in [1.29, 1.82) is 5.26 Å². The van der Waals surface area contributed by atoms with Gasteiger partial charge in [0.05, 0.1) is 19.9 Å². The van der Waals surface area contributed by atoms with Crippen LogP contribution in [0.1, 0.15) is 5.56 Å². The summed E-state index contributed by atoms with van der Waals surface area (Å²) in [4.78, 5) is 23.3. The zero-order valence-electron chi connectivity index (χ0n) is 15.7. The van der Waals surface area contributed by atoms with Crippen LogP contribution < -0.4 is 25.3 Å². The largest absolute Gasteiger partial charge is 0.493 e. The van der Waals surface area contributed by atoms with E-state index in [1.165, 1.54) is 50.6 Å². The van der Waals surface area contributed by atoms with Crippen molar-refractivity contribution in [2.75, 3.05) is 26.1 Å². The molecule has 0 atom stereocenters. The number of methoxy groups -OCH3 is 2. The van der Waals surface area contributed by atoms with Crippen molar-refractivity contribution in [3.8, 4) is 23.3 Å². The first kappa shape index (κ1) is 21.2. The molecule has 0 aliphatic rings. The fourth-order valence-corrected chi connectivity index (χ4v) is 2.34. The number of anilines is 1. The second-order valence-electron chi connectivity index (χ2n) is 5.61. The Morgan fingerprint density at radius 3 is 2.34 bits per heavy atom. The minimum atomic E-state index is -0.787. The first-order valence-electron chi connectivity index (χ1n) is 8.24. The Morgan fingerprint density at radius 2 is 1.83 bits per heavy atom. The highest BCUT2D eigenvalue weighted by Gasteiger charge is 2.17. The average Bonchev–Trinajstić information content (AvgIpc) is 2.71. The van der Waals surface area contributed by atoms with Gasteiger partial charge in [-0.1, -0.05) is 12.1 Å². The summed E-state index contributed by atoms with van der Waals surface area (Å²) >= 11 is 0. The molecule has 0 fully saturated rings. The summed E-state index contributed by atoms with van der Waals surface area (Å²) < 4.78 is 29.5. The van der Waals surface area contributed by atoms with Crippen molar-refractivity contribution >= 4 is 23.6 Å². The zero-order valence-corrected chi connectivity index (χ0v) is 15.7. The topological polar surface area (TPSA) is 124 Å². The number of nitriles is 1. The summed E-state index contributed by atoms with van der Waals surface area (Å²) in [5.74, 6) is -1.57. The summed E-state index contributed by atoms with van der Waals surface area (Å²) in [5, 5.41) is 11.7. The number of para-hydroxylation sites is 1. The number of halogens is 1. The second kappa shape index (κ2) is 9.75. The van der Waals surface area contributed by atoms with E-state index in [0.29, 0.717) is 5.56 Å². The molecular formula is C20H18FN3O5. The quantitative estimate of drug-likeness (QED) is 0.518. The van der Waals surface area contributed by atoms with E-state index in [4.69, 9.17) is 19.9 Å². The highest BCUT2D eigenvalue weighted by molar-refractivity contribution is 6.09. The summed E-state index contributed by atoms with van der Waals surface area (Å²) in [7, 11) is 2.74. The third-order valence-corrected chi connectivity index (χ3v) is 3.64. The van der Waals surface area contributed by atoms with Crippen LogP contribution in [0, 0.1) is 17.1 Å². The van der Waals surface area contributed by atoms with E-state index in [1.807, 2.05) is 0 Å². The number of nitrogens with two attached hydrogens (primary N) is 1. The number of primary amides is 1. The van der Waals surface area contributed by atoms with E-state index in [1.54, 1.807) is 12.1 Å². The molecule has 2 aromatic rings. The van der Waals surface area contributed by atoms with Gasteiger partial charge in [0.25, 0.3) is 11.8 Å². The van der Waals surface area contributed by atoms with Crippen molar-refractivity contribution in [3.63, 3.8) is 0 Å². The van der Waals surface area contributed by atoms with Crippen molar-refractivity contribution < 1.29 is 28.2 Å². The number of carbonyl (C=O) groups is 2. The van der Waals surface area contributed by atoms with Crippen molar-refractivity contribution in [3.05, 3.63) is 53.4 Å². The van der Waals surface area contributed by atoms with E-state index in [9.17, 15) is 19.2 Å². The molecule has 0 aliphatic carbocycles. The number of rotatable bonds is 8. The van der Waals surface area contributed by atoms with E-state index < -0.39 is 24.2 Å². The van der Waals surface area contributed by atoms with Crippen molar-refractivity contribution in [2.24, 2.45) is 5.73 Å². The van der Waals surface area contributed by atoms with Gasteiger partial charge >= 0.3 is 0 Å². The van der Waals surface area contributed by atoms with Gasteiger partial charge in [-0.25, -0.2) is 4.39 Å². The number of hydrogen-bond acceptors (Lipinski definition) is 6. The molecule has 150 valence electrons. The number of benzene rings is 2. The van der Waals surface area contributed by atoms with Gasteiger partial charge < -0.3 is 25.3 Å². The van der Waals surface area contributed by atoms with E-state index >= 15 is 0 Å². The summed E-state index contributed by atoms with van der Waals surface area (Å²) in [5.41, 5.74) is 5.14. The molecule has 0 aromatic heterocycles. The van der Waals surface area contributed by atoms with E-state index in [-0.39, 0.29) is 28.5 Å². The van der Waals surface area contributed by atoms with Crippen LogP contribution in [-0.4, -0.2) is 32.6 Å². The molecule has 0 aliphatic heterocycles. The van der Waals surface area contributed by atoms with Crippen LogP contribution in [0.15, 0.2) is 42.0 Å². The van der Waals surface area contributed by atoms with Gasteiger partial charge in [-0.3, -0.25) is 9.59 Å². The fraction of sp³-hybridized carbons (Fsp3) is 0.150. The second-order valence-corrected chi connectivity index (χ2v) is 5.61. The van der Waals surface area contributed by atoms with Crippen molar-refractivity contribution in [1.82, 2.24) is 0 Å². The molecule has 2 rings (SSSR count). The molecule has 2 amide bonds. The Morgan fingerprint density at radius 1 is 1.21 bits per heavy atom. The molecule has 3 N–H and O–H groups in total. The molecular weight excluding hydrogens is 381 g/mol. The lowest BCUT2D eigenvalue weighted by Crippen LogP contribution is -2.20. The summed E-state index contributed by atoms with van der Waals surface area (Å²) in [6, 6.07) is 10.3. The van der Waals surface area contributed by atoms with Gasteiger partial charge in [0.1, 0.15) is 17.5 Å². The predicted octanol–water partition coefficient (Wildman–Crippen LogP) is 2.25. The normalized spacial score (nSPS) is 10.6. The Kier molecular flexibility index (Phi) is 7.14. The molecule has 0 unspecified atom stereocenters. The third kappa shape index (κ3) is 5.46. The third-order valence-electron chi connectivity index (χ3n) is 3.64. The number of carbonyl (C=O) groups excluding carboxylic acids is 2. The maximum absolute atomic E-state index is 13.7. The van der Waals surface area contributed by atoms with Gasteiger partial charge in [0.2, 0.25) is 5.75 Å². The van der Waals surface area contributed by atoms with Crippen molar-refractivity contribution in [2.45, 2.75) is 0 Å². The Balaban J connectivity index is 2.37. The number of ether oxygens (including phenoxy) is 3. The van der Waals surface area contributed by atoms with Crippen LogP contribution in [0.3, 0.4) is 0 Å². The maximum atomic E-state index is 13.7. The van der Waals surface area contributed by atoms with Crippen LogP contribution in [0.5, 0.6) is 17.2 Å². The minimum Gasteiger partial charge on any atom is -0.493 e. The molecule has 0 bridgehead atoms. The number of amides is 2. The monoisotopic (exact) mass is 399 g/mol. The Labute approximate surface area is 166 Å². The van der Waals surface area contributed by atoms with Crippen LogP contribution in [0.4, 0.5) is 10.1 Å². The lowest BCUT2D eigenvalue weighted by molar-refractivity contribution is -0.120. The van der Waals surface area contributed by atoms with Gasteiger partial charge in [-0.2, -0.15) is 5.26 Å². The van der Waals surface area contributed by atoms with Crippen LogP contribution >= 0.6 is 0 Å². The predicted molar refractivity (Wildman–Crippen MR) is 103 cm³/mol. The molecule has 0 spiro atoms. The highest BCUT2D eigenvalue weighted by atomic mass is 19.1. The van der Waals surface area contributed by atoms with E-state index in [2.05, 4.69) is 5.32 Å². The van der Waals surface area contributed by atoms with Gasteiger partial charge in [-0.05, 0) is 35.9 Å². The maximum Gasteiger partial charge on any atom is 0.266 e. The molecule has 2 aromatic carbocycles. The van der Waals surface area contributed by atoms with Crippen LogP contribution in [0.25, 0.3) is 6.08 Å². The first-order chi connectivity index (χ1) is 13.9. The minimum absolute atomic E-state index is 0.0518. The lowest BCUT2D eigenvalue weighted by Gasteiger charge is -2.14. The SMILES string of the molecule is COc1cc(/C=C(\C#N)C(=O)Nc2ccccc2F)cc(OC)c1OCC(N)=O. The molecule has 0 saturated carbocycles. The van der Waals surface area contributed by atoms with Crippen LogP contribution in [-0.2, 0) is 9.59 Å². The zero-order chi connectivity index (χ0) is 21.4. The average molecular weight is 399 g/mol. The molecule has 0 saturated heterocycles. The van der Waals surface area contributed by atoms with Crippen LogP contribution in [0.2, 0.25) is 0 Å². The van der Waals surface area contributed by atoms with Gasteiger partial charge in [-0.15, -0.1) is 0 Å². The standard InChI is InChI=1S/C20H18FN3O5/c1-27-16-8-12(9-17(28-2)19(16)29-11-18(23)25)7-13(10-22)20(26)24-15-6-4-3-5-14(15)21/h3-9H,11H2,1-2H3,(H2,23,25)(H,24,26)/b13-7+. The number of hydrogen-bond donors (Lipinski definition) is 2. The smallest absolute Gasteiger partial charge is 0.266 e.